The van der Waals surface area contributed by atoms with Crippen molar-refractivity contribution in [2.45, 2.75) is 37.4 Å². The topological polar surface area (TPSA) is 194 Å². The molecule has 1 rings (SSSR count). The van der Waals surface area contributed by atoms with E-state index in [0.29, 0.717) is 0 Å². The number of rotatable bonds is 13. The minimum atomic E-state index is -1.25. The van der Waals surface area contributed by atoms with Crippen molar-refractivity contribution in [3.63, 3.8) is 0 Å². The normalized spacial score (nSPS) is 13.4. The highest BCUT2D eigenvalue weighted by Crippen LogP contribution is 2.04. The van der Waals surface area contributed by atoms with Gasteiger partial charge in [0, 0.05) is 12.2 Å². The summed E-state index contributed by atoms with van der Waals surface area (Å²) >= 11 is 3.98. The number of carbonyl (C=O) groups excluding carboxylic acids is 4. The maximum Gasteiger partial charge on any atom is 0.322 e. The van der Waals surface area contributed by atoms with Gasteiger partial charge in [0.25, 0.3) is 0 Å². The van der Waals surface area contributed by atoms with Crippen LogP contribution in [0.5, 0.6) is 0 Å². The Bertz CT molecular complexity index is 791. The summed E-state index contributed by atoms with van der Waals surface area (Å²) in [5.41, 5.74) is 11.9. The highest BCUT2D eigenvalue weighted by Gasteiger charge is 2.28. The van der Waals surface area contributed by atoms with E-state index in [1.165, 1.54) is 0 Å². The first-order valence-corrected chi connectivity index (χ1v) is 10.1. The molecule has 11 nitrogen and oxygen atoms in total. The van der Waals surface area contributed by atoms with Gasteiger partial charge in [-0.1, -0.05) is 30.3 Å². The molecule has 170 valence electrons. The molecule has 0 fully saturated rings. The van der Waals surface area contributed by atoms with E-state index in [1.54, 1.807) is 24.3 Å². The molecule has 0 bridgehead atoms. The van der Waals surface area contributed by atoms with Gasteiger partial charge < -0.3 is 32.5 Å². The van der Waals surface area contributed by atoms with E-state index in [2.05, 4.69) is 28.6 Å². The summed E-state index contributed by atoms with van der Waals surface area (Å²) in [7, 11) is 0. The second-order valence-corrected chi connectivity index (χ2v) is 7.08. The van der Waals surface area contributed by atoms with E-state index in [1.807, 2.05) is 6.07 Å². The number of nitrogens with one attached hydrogen (secondary N) is 3. The highest BCUT2D eigenvalue weighted by atomic mass is 32.1. The third-order valence-corrected chi connectivity index (χ3v) is 4.54. The molecule has 12 heteroatoms. The highest BCUT2D eigenvalue weighted by molar-refractivity contribution is 7.80. The number of amides is 4. The van der Waals surface area contributed by atoms with E-state index < -0.39 is 54.3 Å². The summed E-state index contributed by atoms with van der Waals surface area (Å²) in [5, 5.41) is 15.6. The Kier molecular flexibility index (Phi) is 11.1. The molecule has 1 aromatic carbocycles. The van der Waals surface area contributed by atoms with E-state index in [-0.39, 0.29) is 25.0 Å². The average Bonchev–Trinajstić information content (AvgIpc) is 2.73. The number of aliphatic carboxylic acids is 1. The van der Waals surface area contributed by atoms with Crippen LogP contribution in [0, 0.1) is 0 Å². The van der Waals surface area contributed by atoms with Crippen molar-refractivity contribution in [2.24, 2.45) is 11.5 Å². The van der Waals surface area contributed by atoms with E-state index >= 15 is 0 Å². The zero-order valence-electron chi connectivity index (χ0n) is 16.7. The van der Waals surface area contributed by atoms with Crippen LogP contribution in [-0.2, 0) is 30.4 Å². The van der Waals surface area contributed by atoms with Crippen molar-refractivity contribution in [3.05, 3.63) is 35.9 Å². The second-order valence-electron chi connectivity index (χ2n) is 6.72. The maximum atomic E-state index is 12.6. The fourth-order valence-electron chi connectivity index (χ4n) is 2.55. The quantitative estimate of drug-likeness (QED) is 0.166. The summed E-state index contributed by atoms with van der Waals surface area (Å²) in [5.74, 6) is -4.19. The Labute approximate surface area is 184 Å². The first-order valence-electron chi connectivity index (χ1n) is 9.43. The SMILES string of the molecule is NC(=O)CCC(NC(=O)C(N)Cc1ccccc1)C(=O)NC(CS)C(=O)NCC(=O)O. The lowest BCUT2D eigenvalue weighted by Gasteiger charge is -2.23. The molecule has 3 unspecified atom stereocenters. The Hall–Kier alpha value is -3.12. The van der Waals surface area contributed by atoms with Crippen molar-refractivity contribution < 1.29 is 29.1 Å². The minimum Gasteiger partial charge on any atom is -0.480 e. The van der Waals surface area contributed by atoms with Gasteiger partial charge in [-0.25, -0.2) is 0 Å². The van der Waals surface area contributed by atoms with Crippen LogP contribution in [0.2, 0.25) is 0 Å². The smallest absolute Gasteiger partial charge is 0.322 e. The number of carboxylic acid groups (broad SMARTS) is 1. The van der Waals surface area contributed by atoms with Gasteiger partial charge in [0.1, 0.15) is 18.6 Å². The average molecular weight is 454 g/mol. The van der Waals surface area contributed by atoms with Crippen molar-refractivity contribution >= 4 is 42.2 Å². The predicted molar refractivity (Wildman–Crippen MR) is 115 cm³/mol. The fourth-order valence-corrected chi connectivity index (χ4v) is 2.80. The largest absolute Gasteiger partial charge is 0.480 e. The Morgan fingerprint density at radius 3 is 2.13 bits per heavy atom. The molecule has 3 atom stereocenters. The minimum absolute atomic E-state index is 0.110. The summed E-state index contributed by atoms with van der Waals surface area (Å²) in [6.07, 6.45) is -0.0717. The van der Waals surface area contributed by atoms with Crippen LogP contribution in [-0.4, -0.2) is 65.1 Å². The first kappa shape index (κ1) is 25.9. The van der Waals surface area contributed by atoms with Gasteiger partial charge in [-0.3, -0.25) is 24.0 Å². The molecule has 0 saturated heterocycles. The lowest BCUT2D eigenvalue weighted by Crippen LogP contribution is -2.56. The zero-order chi connectivity index (χ0) is 23.4. The van der Waals surface area contributed by atoms with Crippen LogP contribution in [0.3, 0.4) is 0 Å². The van der Waals surface area contributed by atoms with Crippen LogP contribution in [0.15, 0.2) is 30.3 Å². The van der Waals surface area contributed by atoms with Crippen LogP contribution >= 0.6 is 12.6 Å². The van der Waals surface area contributed by atoms with Crippen LogP contribution in [0.25, 0.3) is 0 Å². The molecule has 31 heavy (non-hydrogen) atoms. The Balaban J connectivity index is 2.79. The van der Waals surface area contributed by atoms with Crippen molar-refractivity contribution in [1.29, 1.82) is 0 Å². The van der Waals surface area contributed by atoms with E-state index in [9.17, 15) is 24.0 Å². The number of hydrogen-bond acceptors (Lipinski definition) is 7. The third-order valence-electron chi connectivity index (χ3n) is 4.18. The summed E-state index contributed by atoms with van der Waals surface area (Å²) in [4.78, 5) is 58.9. The molecule has 0 aliphatic carbocycles. The predicted octanol–water partition coefficient (Wildman–Crippen LogP) is -2.08. The molecular formula is C19H27N5O6S. The summed E-state index contributed by atoms with van der Waals surface area (Å²) in [6.45, 7) is -0.630. The van der Waals surface area contributed by atoms with Gasteiger partial charge in [0.2, 0.25) is 23.6 Å². The van der Waals surface area contributed by atoms with Crippen LogP contribution < -0.4 is 27.4 Å². The number of nitrogens with two attached hydrogens (primary N) is 2. The van der Waals surface area contributed by atoms with E-state index in [4.69, 9.17) is 16.6 Å². The number of thiol groups is 1. The van der Waals surface area contributed by atoms with Crippen LogP contribution in [0.4, 0.5) is 0 Å². The molecule has 0 aliphatic rings. The molecule has 0 heterocycles. The lowest BCUT2D eigenvalue weighted by molar-refractivity contribution is -0.138. The Morgan fingerprint density at radius 1 is 0.968 bits per heavy atom. The van der Waals surface area contributed by atoms with Gasteiger partial charge in [0.15, 0.2) is 0 Å². The third kappa shape index (κ3) is 9.96. The van der Waals surface area contributed by atoms with Crippen molar-refractivity contribution in [2.75, 3.05) is 12.3 Å². The summed E-state index contributed by atoms with van der Waals surface area (Å²) in [6, 6.07) is 5.74. The van der Waals surface area contributed by atoms with Gasteiger partial charge in [0.05, 0.1) is 6.04 Å². The molecule has 0 aliphatic heterocycles. The molecule has 8 N–H and O–H groups in total. The number of carbonyl (C=O) groups is 5. The molecule has 1 aromatic rings. The number of carboxylic acids is 1. The molecular weight excluding hydrogens is 426 g/mol. The summed E-state index contributed by atoms with van der Waals surface area (Å²) < 4.78 is 0. The second kappa shape index (κ2) is 13.2. The van der Waals surface area contributed by atoms with Crippen LogP contribution in [0.1, 0.15) is 18.4 Å². The van der Waals surface area contributed by atoms with Gasteiger partial charge in [-0.05, 0) is 18.4 Å². The lowest BCUT2D eigenvalue weighted by atomic mass is 10.0. The number of benzene rings is 1. The van der Waals surface area contributed by atoms with Gasteiger partial charge in [-0.2, -0.15) is 12.6 Å². The molecule has 0 aromatic heterocycles. The standard InChI is InChI=1S/C19H27N5O6S/c20-12(8-11-4-2-1-3-5-11)17(28)23-13(6-7-15(21)25)19(30)24-14(10-31)18(29)22-9-16(26)27/h1-5,12-14,31H,6-10,20H2,(H2,21,25)(H,22,29)(H,23,28)(H,24,30)(H,26,27). The Morgan fingerprint density at radius 2 is 1.58 bits per heavy atom. The molecule has 0 radical (unpaired) electrons. The number of hydrogen-bond donors (Lipinski definition) is 7. The first-order chi connectivity index (χ1) is 14.6. The molecule has 0 spiro atoms. The molecule has 0 saturated carbocycles. The van der Waals surface area contributed by atoms with Gasteiger partial charge >= 0.3 is 5.97 Å². The monoisotopic (exact) mass is 453 g/mol. The fraction of sp³-hybridized carbons (Fsp3) is 0.421. The van der Waals surface area contributed by atoms with Crippen molar-refractivity contribution in [3.8, 4) is 0 Å². The maximum absolute atomic E-state index is 12.6. The van der Waals surface area contributed by atoms with E-state index in [0.717, 1.165) is 5.56 Å². The van der Waals surface area contributed by atoms with Gasteiger partial charge in [-0.15, -0.1) is 0 Å². The van der Waals surface area contributed by atoms with Crippen molar-refractivity contribution in [1.82, 2.24) is 16.0 Å². The zero-order valence-corrected chi connectivity index (χ0v) is 17.6. The molecule has 4 amide bonds. The number of primary amides is 1.